The number of halogens is 2. The van der Waals surface area contributed by atoms with E-state index in [0.29, 0.717) is 16.5 Å². The first-order valence-electron chi connectivity index (χ1n) is 7.52. The number of nitrogens with one attached hydrogen (secondary N) is 1. The average Bonchev–Trinajstić information content (AvgIpc) is 2.93. The number of aromatic nitrogens is 1. The Morgan fingerprint density at radius 1 is 1.46 bits per heavy atom. The third-order valence-electron chi connectivity index (χ3n) is 3.95. The van der Waals surface area contributed by atoms with Crippen molar-refractivity contribution in [1.29, 1.82) is 5.26 Å². The zero-order valence-electron chi connectivity index (χ0n) is 13.3. The predicted molar refractivity (Wildman–Crippen MR) is 83.6 cm³/mol. The van der Waals surface area contributed by atoms with E-state index in [1.165, 1.54) is 12.3 Å². The Balaban J connectivity index is 0.00000243. The molecule has 1 saturated heterocycles. The van der Waals surface area contributed by atoms with Gasteiger partial charge in [-0.05, 0) is 17.1 Å². The molecule has 1 aliphatic heterocycles. The maximum absolute atomic E-state index is 13.4. The van der Waals surface area contributed by atoms with Crippen molar-refractivity contribution >= 4 is 22.7 Å². The van der Waals surface area contributed by atoms with E-state index >= 15 is 0 Å². The van der Waals surface area contributed by atoms with Crippen LogP contribution in [0.4, 0.5) is 8.78 Å². The fourth-order valence-electron chi connectivity index (χ4n) is 2.77. The smallest absolute Gasteiger partial charge is 0.268 e. The number of nitriles is 1. The topological polar surface area (TPSA) is 86.1 Å². The van der Waals surface area contributed by atoms with Gasteiger partial charge in [0.05, 0.1) is 19.2 Å². The zero-order valence-corrected chi connectivity index (χ0v) is 14.4. The van der Waals surface area contributed by atoms with Gasteiger partial charge in [-0.15, -0.1) is 0 Å². The number of nitrogens with zero attached hydrogens (tertiary/aromatic N) is 3. The largest absolute Gasteiger partial charge is 0.344 e. The fourth-order valence-corrected chi connectivity index (χ4v) is 2.77. The van der Waals surface area contributed by atoms with E-state index in [1.807, 2.05) is 0 Å². The number of amides is 2. The number of carbonyl (C=O) groups excluding carboxylic acids is 2. The Morgan fingerprint density at radius 3 is 2.96 bits per heavy atom. The number of hydrogen-bond acceptors (Lipinski definition) is 4. The summed E-state index contributed by atoms with van der Waals surface area (Å²) < 4.78 is 26.8. The summed E-state index contributed by atoms with van der Waals surface area (Å²) in [6.07, 6.45) is 0.760. The van der Waals surface area contributed by atoms with Crippen molar-refractivity contribution < 1.29 is 35.1 Å². The van der Waals surface area contributed by atoms with Crippen LogP contribution >= 0.6 is 0 Å². The van der Waals surface area contributed by atoms with E-state index in [9.17, 15) is 18.4 Å². The minimum atomic E-state index is -3.09. The Kier molecular flexibility index (Phi) is 5.89. The SMILES string of the molecule is N#C[C@@H]1CC(F)(F)CN1C(=O)CNC(=O)c1ccnc2[c-]cccc12.[Co]. The van der Waals surface area contributed by atoms with E-state index < -0.39 is 43.3 Å². The maximum atomic E-state index is 13.4. The second kappa shape index (κ2) is 7.76. The van der Waals surface area contributed by atoms with Crippen LogP contribution in [0, 0.1) is 17.4 Å². The first kappa shape index (κ1) is 19.7. The molecule has 1 atom stereocenters. The molecule has 0 unspecified atom stereocenters. The Labute approximate surface area is 158 Å². The van der Waals surface area contributed by atoms with Crippen LogP contribution in [0.3, 0.4) is 0 Å². The molecule has 1 aliphatic rings. The normalized spacial score (nSPS) is 18.0. The van der Waals surface area contributed by atoms with Gasteiger partial charge in [0.15, 0.2) is 0 Å². The molecule has 1 aromatic heterocycles. The maximum Gasteiger partial charge on any atom is 0.268 e. The Morgan fingerprint density at radius 2 is 2.23 bits per heavy atom. The standard InChI is InChI=1S/C17H13F2N4O2.Co/c18-17(19)7-11(8-20)23(10-17)15(24)9-22-16(25)13-5-6-21-14-4-2-1-3-12(13)14;/h1-3,5-6,11H,7,9-10H2,(H,22,25);/q-1;/t11-;/m0./s1. The number of likely N-dealkylation sites (tertiary alicyclic amines) is 1. The zero-order chi connectivity index (χ0) is 18.0. The van der Waals surface area contributed by atoms with Gasteiger partial charge >= 0.3 is 0 Å². The van der Waals surface area contributed by atoms with Gasteiger partial charge in [-0.3, -0.25) is 14.6 Å². The van der Waals surface area contributed by atoms with Crippen molar-refractivity contribution in [2.75, 3.05) is 13.1 Å². The minimum Gasteiger partial charge on any atom is -0.344 e. The van der Waals surface area contributed by atoms with Gasteiger partial charge in [0.2, 0.25) is 11.8 Å². The summed E-state index contributed by atoms with van der Waals surface area (Å²) in [7, 11) is 0. The van der Waals surface area contributed by atoms with E-state index in [0.717, 1.165) is 4.90 Å². The first-order valence-corrected chi connectivity index (χ1v) is 7.52. The third-order valence-corrected chi connectivity index (χ3v) is 3.95. The molecule has 2 heterocycles. The van der Waals surface area contributed by atoms with Crippen LogP contribution in [-0.2, 0) is 21.6 Å². The summed E-state index contributed by atoms with van der Waals surface area (Å²) in [6, 6.07) is 9.96. The number of pyridine rings is 1. The number of fused-ring (bicyclic) bond motifs is 1. The van der Waals surface area contributed by atoms with E-state index in [2.05, 4.69) is 16.4 Å². The average molecular weight is 402 g/mol. The molecular formula is C17H13CoF2N4O2-. The molecule has 0 bridgehead atoms. The summed E-state index contributed by atoms with van der Waals surface area (Å²) >= 11 is 0. The molecule has 1 radical (unpaired) electrons. The summed E-state index contributed by atoms with van der Waals surface area (Å²) in [4.78, 5) is 29.3. The number of para-hydroxylation sites is 1. The fraction of sp³-hybridized carbons (Fsp3) is 0.294. The van der Waals surface area contributed by atoms with Crippen LogP contribution in [-0.4, -0.2) is 46.8 Å². The molecule has 6 nitrogen and oxygen atoms in total. The van der Waals surface area contributed by atoms with E-state index in [4.69, 9.17) is 5.26 Å². The summed E-state index contributed by atoms with van der Waals surface area (Å²) in [5, 5.41) is 11.9. The number of hydrogen-bond donors (Lipinski definition) is 1. The number of benzene rings is 1. The van der Waals surface area contributed by atoms with Crippen LogP contribution in [0.1, 0.15) is 16.8 Å². The van der Waals surface area contributed by atoms with Gasteiger partial charge in [0, 0.05) is 29.4 Å². The summed E-state index contributed by atoms with van der Waals surface area (Å²) in [5.74, 6) is -4.33. The van der Waals surface area contributed by atoms with Gasteiger partial charge in [0.1, 0.15) is 6.04 Å². The molecule has 0 spiro atoms. The molecule has 0 saturated carbocycles. The number of carbonyl (C=O) groups is 2. The van der Waals surface area contributed by atoms with Gasteiger partial charge in [-0.25, -0.2) is 8.78 Å². The monoisotopic (exact) mass is 402 g/mol. The number of rotatable bonds is 3. The van der Waals surface area contributed by atoms with Crippen molar-refractivity contribution in [2.45, 2.75) is 18.4 Å². The molecule has 1 aromatic carbocycles. The first-order chi connectivity index (χ1) is 11.9. The minimum absolute atomic E-state index is 0. The molecular weight excluding hydrogens is 389 g/mol. The van der Waals surface area contributed by atoms with Gasteiger partial charge < -0.3 is 10.2 Å². The molecule has 0 aliphatic carbocycles. The second-order valence-corrected chi connectivity index (χ2v) is 5.70. The van der Waals surface area contributed by atoms with Crippen molar-refractivity contribution in [3.8, 4) is 6.07 Å². The molecule has 137 valence electrons. The quantitative estimate of drug-likeness (QED) is 0.789. The molecule has 1 N–H and O–H groups in total. The van der Waals surface area contributed by atoms with Gasteiger partial charge in [-0.2, -0.15) is 29.5 Å². The van der Waals surface area contributed by atoms with E-state index in [1.54, 1.807) is 24.3 Å². The van der Waals surface area contributed by atoms with Crippen molar-refractivity contribution in [2.24, 2.45) is 0 Å². The van der Waals surface area contributed by atoms with Crippen LogP contribution < -0.4 is 5.32 Å². The number of alkyl halides is 2. The van der Waals surface area contributed by atoms with Crippen molar-refractivity contribution in [1.82, 2.24) is 15.2 Å². The molecule has 1 fully saturated rings. The van der Waals surface area contributed by atoms with Crippen LogP contribution in [0.25, 0.3) is 10.9 Å². The van der Waals surface area contributed by atoms with Crippen molar-refractivity contribution in [3.63, 3.8) is 0 Å². The Bertz CT molecular complexity index is 879. The molecule has 3 rings (SSSR count). The van der Waals surface area contributed by atoms with E-state index in [-0.39, 0.29) is 16.8 Å². The van der Waals surface area contributed by atoms with Gasteiger partial charge in [0.25, 0.3) is 5.92 Å². The van der Waals surface area contributed by atoms with Crippen molar-refractivity contribution in [3.05, 3.63) is 42.1 Å². The van der Waals surface area contributed by atoms with Crippen LogP contribution in [0.2, 0.25) is 0 Å². The molecule has 9 heteroatoms. The Hall–Kier alpha value is -2.57. The second-order valence-electron chi connectivity index (χ2n) is 5.70. The van der Waals surface area contributed by atoms with Crippen LogP contribution in [0.5, 0.6) is 0 Å². The third kappa shape index (κ3) is 3.97. The van der Waals surface area contributed by atoms with Crippen LogP contribution in [0.15, 0.2) is 30.5 Å². The summed E-state index contributed by atoms with van der Waals surface area (Å²) in [5.41, 5.74) is 0.809. The summed E-state index contributed by atoms with van der Waals surface area (Å²) in [6.45, 7) is -1.28. The molecule has 2 amide bonds. The predicted octanol–water partition coefficient (Wildman–Crippen LogP) is 1.52. The van der Waals surface area contributed by atoms with Gasteiger partial charge in [-0.1, -0.05) is 5.39 Å². The molecule has 2 aromatic rings. The molecule has 26 heavy (non-hydrogen) atoms.